The summed E-state index contributed by atoms with van der Waals surface area (Å²) in [7, 11) is 1.91. The zero-order valence-corrected chi connectivity index (χ0v) is 8.00. The molecule has 1 fully saturated rings. The molecular weight excluding hydrogens is 154 g/mol. The number of carbonyl (C=O) groups is 1. The van der Waals surface area contributed by atoms with Crippen LogP contribution in [-0.4, -0.2) is 34.6 Å². The van der Waals surface area contributed by atoms with Crippen LogP contribution in [0.15, 0.2) is 0 Å². The summed E-state index contributed by atoms with van der Waals surface area (Å²) in [5, 5.41) is 9.04. The number of likely N-dealkylation sites (N-methyl/N-ethyl adjacent to an activating group) is 1. The molecule has 3 nitrogen and oxygen atoms in total. The van der Waals surface area contributed by atoms with E-state index in [0.29, 0.717) is 12.5 Å². The summed E-state index contributed by atoms with van der Waals surface area (Å²) in [5.74, 6) is -0.709. The molecule has 1 saturated carbocycles. The van der Waals surface area contributed by atoms with Gasteiger partial charge in [0.1, 0.15) is 5.54 Å². The van der Waals surface area contributed by atoms with Crippen molar-refractivity contribution in [2.75, 3.05) is 7.05 Å². The van der Waals surface area contributed by atoms with Gasteiger partial charge in [0.25, 0.3) is 0 Å². The molecule has 0 aromatic carbocycles. The number of hydrogen-bond donors (Lipinski definition) is 1. The minimum absolute atomic E-state index is 0.506. The van der Waals surface area contributed by atoms with E-state index in [9.17, 15) is 4.79 Å². The first kappa shape index (κ1) is 9.52. The highest BCUT2D eigenvalue weighted by atomic mass is 16.4. The van der Waals surface area contributed by atoms with Gasteiger partial charge in [0.05, 0.1) is 0 Å². The minimum Gasteiger partial charge on any atom is -0.480 e. The van der Waals surface area contributed by atoms with Crippen LogP contribution in [-0.2, 0) is 4.79 Å². The molecule has 0 radical (unpaired) electrons. The SMILES string of the molecule is CCC(C)(C(=O)O)N(C)C1CC1. The van der Waals surface area contributed by atoms with Crippen molar-refractivity contribution in [1.29, 1.82) is 0 Å². The van der Waals surface area contributed by atoms with E-state index < -0.39 is 11.5 Å². The van der Waals surface area contributed by atoms with E-state index in [4.69, 9.17) is 5.11 Å². The second-order valence-corrected chi connectivity index (χ2v) is 3.77. The zero-order valence-electron chi connectivity index (χ0n) is 8.00. The van der Waals surface area contributed by atoms with Crippen molar-refractivity contribution in [1.82, 2.24) is 4.90 Å². The Bertz CT molecular complexity index is 189. The fraction of sp³-hybridized carbons (Fsp3) is 0.889. The highest BCUT2D eigenvalue weighted by molar-refractivity contribution is 5.78. The average Bonchev–Trinajstić information content (AvgIpc) is 2.83. The van der Waals surface area contributed by atoms with Crippen molar-refractivity contribution in [2.45, 2.75) is 44.7 Å². The molecule has 0 aromatic heterocycles. The Labute approximate surface area is 73.4 Å². The van der Waals surface area contributed by atoms with Gasteiger partial charge in [0.15, 0.2) is 0 Å². The summed E-state index contributed by atoms with van der Waals surface area (Å²) < 4.78 is 0. The molecule has 1 aliphatic carbocycles. The van der Waals surface area contributed by atoms with E-state index >= 15 is 0 Å². The molecule has 0 bridgehead atoms. The number of carboxylic acids is 1. The second kappa shape index (κ2) is 3.05. The lowest BCUT2D eigenvalue weighted by Gasteiger charge is -2.34. The highest BCUT2D eigenvalue weighted by Gasteiger charge is 2.42. The lowest BCUT2D eigenvalue weighted by molar-refractivity contribution is -0.150. The maximum atomic E-state index is 11.0. The second-order valence-electron chi connectivity index (χ2n) is 3.77. The molecule has 1 aliphatic rings. The highest BCUT2D eigenvalue weighted by Crippen LogP contribution is 2.32. The Balaban J connectivity index is 2.69. The summed E-state index contributed by atoms with van der Waals surface area (Å²) in [5.41, 5.74) is -0.666. The van der Waals surface area contributed by atoms with Gasteiger partial charge in [0.2, 0.25) is 0 Å². The quantitative estimate of drug-likeness (QED) is 0.693. The molecule has 0 spiro atoms. The predicted octanol–water partition coefficient (Wildman–Crippen LogP) is 1.33. The molecule has 1 rings (SSSR count). The number of aliphatic carboxylic acids is 1. The van der Waals surface area contributed by atoms with Gasteiger partial charge in [0, 0.05) is 6.04 Å². The third-order valence-corrected chi connectivity index (χ3v) is 3.02. The first-order chi connectivity index (χ1) is 5.52. The lowest BCUT2D eigenvalue weighted by atomic mass is 9.97. The average molecular weight is 171 g/mol. The van der Waals surface area contributed by atoms with Gasteiger partial charge >= 0.3 is 5.97 Å². The molecule has 1 unspecified atom stereocenters. The van der Waals surface area contributed by atoms with Gasteiger partial charge in [-0.1, -0.05) is 6.92 Å². The first-order valence-corrected chi connectivity index (χ1v) is 4.48. The molecule has 12 heavy (non-hydrogen) atoms. The molecule has 1 atom stereocenters. The maximum Gasteiger partial charge on any atom is 0.323 e. The standard InChI is InChI=1S/C9H17NO2/c1-4-9(2,8(11)12)10(3)7-5-6-7/h7H,4-6H2,1-3H3,(H,11,12). The number of rotatable bonds is 4. The van der Waals surface area contributed by atoms with E-state index in [1.807, 2.05) is 18.9 Å². The molecule has 70 valence electrons. The zero-order chi connectivity index (χ0) is 9.35. The molecule has 0 heterocycles. The normalized spacial score (nSPS) is 22.3. The van der Waals surface area contributed by atoms with Gasteiger partial charge < -0.3 is 5.11 Å². The largest absolute Gasteiger partial charge is 0.480 e. The van der Waals surface area contributed by atoms with Crippen molar-refractivity contribution in [2.24, 2.45) is 0 Å². The summed E-state index contributed by atoms with van der Waals surface area (Å²) >= 11 is 0. The molecule has 0 amide bonds. The molecule has 0 aliphatic heterocycles. The van der Waals surface area contributed by atoms with Gasteiger partial charge in [-0.25, -0.2) is 0 Å². The fourth-order valence-electron chi connectivity index (χ4n) is 1.42. The van der Waals surface area contributed by atoms with Crippen LogP contribution in [0.4, 0.5) is 0 Å². The summed E-state index contributed by atoms with van der Waals surface area (Å²) in [6, 6.07) is 0.506. The molecule has 0 aromatic rings. The van der Waals surface area contributed by atoms with E-state index in [-0.39, 0.29) is 0 Å². The van der Waals surface area contributed by atoms with Crippen LogP contribution in [0.1, 0.15) is 33.1 Å². The third kappa shape index (κ3) is 1.46. The van der Waals surface area contributed by atoms with E-state index in [1.54, 1.807) is 6.92 Å². The van der Waals surface area contributed by atoms with Crippen LogP contribution in [0.3, 0.4) is 0 Å². The molecule has 0 saturated heterocycles. The van der Waals surface area contributed by atoms with Crippen molar-refractivity contribution in [3.63, 3.8) is 0 Å². The summed E-state index contributed by atoms with van der Waals surface area (Å²) in [6.07, 6.45) is 2.97. The monoisotopic (exact) mass is 171 g/mol. The van der Waals surface area contributed by atoms with Crippen molar-refractivity contribution in [3.05, 3.63) is 0 Å². The minimum atomic E-state index is -0.709. The predicted molar refractivity (Wildman–Crippen MR) is 47.1 cm³/mol. The van der Waals surface area contributed by atoms with Gasteiger partial charge in [-0.3, -0.25) is 9.69 Å². The topological polar surface area (TPSA) is 40.5 Å². The Morgan fingerprint density at radius 3 is 2.42 bits per heavy atom. The van der Waals surface area contributed by atoms with Crippen LogP contribution in [0, 0.1) is 0 Å². The van der Waals surface area contributed by atoms with Crippen molar-refractivity contribution >= 4 is 5.97 Å². The fourth-order valence-corrected chi connectivity index (χ4v) is 1.42. The molecule has 1 N–H and O–H groups in total. The van der Waals surface area contributed by atoms with Crippen LogP contribution < -0.4 is 0 Å². The molecule has 3 heteroatoms. The van der Waals surface area contributed by atoms with Crippen molar-refractivity contribution < 1.29 is 9.90 Å². The molecular formula is C9H17NO2. The van der Waals surface area contributed by atoms with Crippen molar-refractivity contribution in [3.8, 4) is 0 Å². The number of carboxylic acid groups (broad SMARTS) is 1. The van der Waals surface area contributed by atoms with Crippen LogP contribution in [0.25, 0.3) is 0 Å². The van der Waals surface area contributed by atoms with Crippen LogP contribution >= 0.6 is 0 Å². The lowest BCUT2D eigenvalue weighted by Crippen LogP contribution is -2.51. The Morgan fingerprint density at radius 1 is 1.67 bits per heavy atom. The Morgan fingerprint density at radius 2 is 2.17 bits per heavy atom. The summed E-state index contributed by atoms with van der Waals surface area (Å²) in [4.78, 5) is 13.0. The van der Waals surface area contributed by atoms with Gasteiger partial charge in [-0.2, -0.15) is 0 Å². The van der Waals surface area contributed by atoms with Gasteiger partial charge in [-0.05, 0) is 33.2 Å². The van der Waals surface area contributed by atoms with E-state index in [0.717, 1.165) is 12.8 Å². The van der Waals surface area contributed by atoms with Gasteiger partial charge in [-0.15, -0.1) is 0 Å². The third-order valence-electron chi connectivity index (χ3n) is 3.02. The Kier molecular flexibility index (Phi) is 2.42. The first-order valence-electron chi connectivity index (χ1n) is 4.48. The smallest absolute Gasteiger partial charge is 0.323 e. The Hall–Kier alpha value is -0.570. The van der Waals surface area contributed by atoms with E-state index in [2.05, 4.69) is 0 Å². The van der Waals surface area contributed by atoms with E-state index in [1.165, 1.54) is 0 Å². The van der Waals surface area contributed by atoms with Crippen LogP contribution in [0.5, 0.6) is 0 Å². The van der Waals surface area contributed by atoms with Crippen LogP contribution in [0.2, 0.25) is 0 Å². The number of hydrogen-bond acceptors (Lipinski definition) is 2. The summed E-state index contributed by atoms with van der Waals surface area (Å²) in [6.45, 7) is 3.72. The number of nitrogens with zero attached hydrogens (tertiary/aromatic N) is 1. The maximum absolute atomic E-state index is 11.0.